The molecule has 0 spiro atoms. The predicted octanol–water partition coefficient (Wildman–Crippen LogP) is 8.76. The van der Waals surface area contributed by atoms with Crippen LogP contribution in [0.4, 0.5) is 0 Å². The third-order valence-corrected chi connectivity index (χ3v) is 9.05. The van der Waals surface area contributed by atoms with Gasteiger partial charge in [-0.15, -0.1) is 0 Å². The highest BCUT2D eigenvalue weighted by molar-refractivity contribution is 5.48. The van der Waals surface area contributed by atoms with Crippen LogP contribution >= 0.6 is 0 Å². The molecule has 0 aliphatic heterocycles. The molecule has 0 atom stereocenters. The molecule has 0 bridgehead atoms. The molecule has 0 aliphatic carbocycles. The second-order valence-corrected chi connectivity index (χ2v) is 13.5. The Morgan fingerprint density at radius 2 is 0.966 bits per heavy atom. The van der Waals surface area contributed by atoms with Crippen molar-refractivity contribution in [3.05, 3.63) is 198 Å². The lowest BCUT2D eigenvalue weighted by Crippen LogP contribution is -1.86. The van der Waals surface area contributed by atoms with E-state index in [-0.39, 0.29) is 0 Å². The summed E-state index contributed by atoms with van der Waals surface area (Å²) in [5.41, 5.74) is 11.1. The van der Waals surface area contributed by atoms with Crippen molar-refractivity contribution >= 4 is 16.9 Å². The smallest absolute Gasteiger partial charge is 0.139 e. The second kappa shape index (κ2) is 20.4. The molecule has 0 saturated carbocycles. The van der Waals surface area contributed by atoms with Gasteiger partial charge in [-0.25, -0.2) is 29.9 Å². The fourth-order valence-electron chi connectivity index (χ4n) is 6.09. The van der Waals surface area contributed by atoms with Crippen LogP contribution in [0.2, 0.25) is 0 Å². The molecule has 0 aliphatic rings. The quantitative estimate of drug-likeness (QED) is 0.157. The summed E-state index contributed by atoms with van der Waals surface area (Å²) in [6.07, 6.45) is 20.5. The Kier molecular flexibility index (Phi) is 13.6. The van der Waals surface area contributed by atoms with E-state index in [1.807, 2.05) is 108 Å². The van der Waals surface area contributed by atoms with Gasteiger partial charge in [0.05, 0.1) is 17.1 Å². The summed E-state index contributed by atoms with van der Waals surface area (Å²) in [6, 6.07) is 33.5. The van der Waals surface area contributed by atoms with Crippen molar-refractivity contribution in [3.63, 3.8) is 0 Å². The highest BCUT2D eigenvalue weighted by atomic mass is 15.0. The van der Waals surface area contributed by atoms with Gasteiger partial charge in [0.1, 0.15) is 34.0 Å². The zero-order valence-electron chi connectivity index (χ0n) is 33.2. The molecule has 288 valence electrons. The van der Waals surface area contributed by atoms with Crippen LogP contribution in [0, 0.1) is 49.4 Å². The van der Waals surface area contributed by atoms with E-state index in [4.69, 9.17) is 0 Å². The zero-order chi connectivity index (χ0) is 40.5. The third kappa shape index (κ3) is 11.6. The molecule has 9 rings (SSSR count). The molecule has 0 aromatic carbocycles. The molecule has 9 aromatic rings. The Balaban J connectivity index is 0.000000134. The van der Waals surface area contributed by atoms with Gasteiger partial charge in [0, 0.05) is 93.8 Å². The SMILES string of the molecule is C(#Cc1ccccn1)CCc1cn2ccccc2n1.Cc1cccc2nc(CCC#Cc3ccccn3)cn12.Cc1cccn2cc(CCC#Cc3ccccn3)nc12. The number of imidazole rings is 3. The fourth-order valence-corrected chi connectivity index (χ4v) is 6.09. The fraction of sp³-hybridized carbons (Fsp3) is 0.160. The van der Waals surface area contributed by atoms with Gasteiger partial charge < -0.3 is 13.2 Å². The lowest BCUT2D eigenvalue weighted by Gasteiger charge is -1.95. The van der Waals surface area contributed by atoms with Crippen LogP contribution in [0.15, 0.2) is 153 Å². The van der Waals surface area contributed by atoms with Crippen LogP contribution in [-0.4, -0.2) is 43.1 Å². The first kappa shape index (κ1) is 39.4. The van der Waals surface area contributed by atoms with Gasteiger partial charge in [0.25, 0.3) is 0 Å². The third-order valence-electron chi connectivity index (χ3n) is 9.05. The number of nitrogens with zero attached hydrogens (tertiary/aromatic N) is 9. The maximum atomic E-state index is 4.64. The summed E-state index contributed by atoms with van der Waals surface area (Å²) in [5, 5.41) is 0. The van der Waals surface area contributed by atoms with Crippen molar-refractivity contribution in [3.8, 4) is 35.5 Å². The monoisotopic (exact) mass is 769 g/mol. The molecule has 0 N–H and O–H groups in total. The van der Waals surface area contributed by atoms with Crippen molar-refractivity contribution in [2.75, 3.05) is 0 Å². The van der Waals surface area contributed by atoms with Crippen LogP contribution in [0.5, 0.6) is 0 Å². The summed E-state index contributed by atoms with van der Waals surface area (Å²) in [6.45, 7) is 4.16. The largest absolute Gasteiger partial charge is 0.307 e. The van der Waals surface area contributed by atoms with E-state index in [0.29, 0.717) is 0 Å². The van der Waals surface area contributed by atoms with Crippen LogP contribution < -0.4 is 0 Å². The Morgan fingerprint density at radius 1 is 0.458 bits per heavy atom. The van der Waals surface area contributed by atoms with Crippen molar-refractivity contribution < 1.29 is 0 Å². The standard InChI is InChI=1S/2C17H15N3.C16H13N3/c1-14-7-6-11-17-19-16(13-20(14)17)10-3-2-8-15-9-4-5-12-18-15;1-14-7-6-12-20-13-16(19-17(14)20)10-3-2-8-15-9-4-5-11-18-15;1(7-14-8-3-5-11-17-14)2-9-15-13-19-12-6-4-10-16(19)18-15/h2*4-7,9,11-13H,3,10H2,1H3;3-6,8,10-13H,2,9H2. The van der Waals surface area contributed by atoms with Crippen LogP contribution in [0.3, 0.4) is 0 Å². The van der Waals surface area contributed by atoms with E-state index in [2.05, 4.69) is 119 Å². The number of hydrogen-bond acceptors (Lipinski definition) is 6. The number of aryl methyl sites for hydroxylation is 5. The number of hydrogen-bond donors (Lipinski definition) is 0. The Morgan fingerprint density at radius 3 is 1.51 bits per heavy atom. The van der Waals surface area contributed by atoms with Gasteiger partial charge in [0.2, 0.25) is 0 Å². The Bertz CT molecular complexity index is 2760. The number of pyridine rings is 6. The number of fused-ring (bicyclic) bond motifs is 3. The first-order chi connectivity index (χ1) is 29.1. The van der Waals surface area contributed by atoms with Gasteiger partial charge in [-0.3, -0.25) is 0 Å². The molecule has 59 heavy (non-hydrogen) atoms. The molecule has 9 heteroatoms. The number of aromatic nitrogens is 9. The highest BCUT2D eigenvalue weighted by Gasteiger charge is 2.04. The molecule has 0 saturated heterocycles. The summed E-state index contributed by atoms with van der Waals surface area (Å²) < 4.78 is 6.21. The Hall–Kier alpha value is -7.80. The summed E-state index contributed by atoms with van der Waals surface area (Å²) >= 11 is 0. The lowest BCUT2D eigenvalue weighted by atomic mass is 10.2. The summed E-state index contributed by atoms with van der Waals surface area (Å²) in [5.74, 6) is 18.6. The molecular formula is C50H43N9. The molecular weight excluding hydrogens is 727 g/mol. The van der Waals surface area contributed by atoms with Crippen LogP contribution in [0.1, 0.15) is 64.7 Å². The maximum absolute atomic E-state index is 4.64. The van der Waals surface area contributed by atoms with Gasteiger partial charge in [0.15, 0.2) is 0 Å². The van der Waals surface area contributed by atoms with Gasteiger partial charge in [-0.1, -0.05) is 54.2 Å². The van der Waals surface area contributed by atoms with E-state index in [1.165, 1.54) is 11.3 Å². The molecule has 0 unspecified atom stereocenters. The second-order valence-electron chi connectivity index (χ2n) is 13.5. The van der Waals surface area contributed by atoms with Crippen molar-refractivity contribution in [2.45, 2.75) is 52.4 Å². The lowest BCUT2D eigenvalue weighted by molar-refractivity contribution is 0.980. The van der Waals surface area contributed by atoms with E-state index in [1.54, 1.807) is 18.6 Å². The topological polar surface area (TPSA) is 90.6 Å². The van der Waals surface area contributed by atoms with Crippen molar-refractivity contribution in [1.82, 2.24) is 43.1 Å². The van der Waals surface area contributed by atoms with Crippen molar-refractivity contribution in [1.29, 1.82) is 0 Å². The van der Waals surface area contributed by atoms with E-state index >= 15 is 0 Å². The summed E-state index contributed by atoms with van der Waals surface area (Å²) in [4.78, 5) is 26.3. The first-order valence-corrected chi connectivity index (χ1v) is 19.6. The average molecular weight is 770 g/mol. The first-order valence-electron chi connectivity index (χ1n) is 19.6. The molecule has 9 nitrogen and oxygen atoms in total. The normalized spacial score (nSPS) is 10.2. The minimum absolute atomic E-state index is 0.791. The Labute approximate surface area is 345 Å². The van der Waals surface area contributed by atoms with E-state index in [0.717, 1.165) is 89.6 Å². The molecule has 9 heterocycles. The van der Waals surface area contributed by atoms with Gasteiger partial charge in [-0.2, -0.15) is 0 Å². The minimum Gasteiger partial charge on any atom is -0.307 e. The van der Waals surface area contributed by atoms with Crippen molar-refractivity contribution in [2.24, 2.45) is 0 Å². The molecule has 9 aromatic heterocycles. The maximum Gasteiger partial charge on any atom is 0.139 e. The molecule has 0 radical (unpaired) electrons. The highest BCUT2D eigenvalue weighted by Crippen LogP contribution is 2.12. The van der Waals surface area contributed by atoms with Gasteiger partial charge in [-0.05, 0) is 104 Å². The van der Waals surface area contributed by atoms with Crippen LogP contribution in [0.25, 0.3) is 16.9 Å². The molecule has 0 fully saturated rings. The number of rotatable bonds is 6. The van der Waals surface area contributed by atoms with E-state index < -0.39 is 0 Å². The minimum atomic E-state index is 0.791. The van der Waals surface area contributed by atoms with Crippen LogP contribution in [-0.2, 0) is 19.3 Å². The average Bonchev–Trinajstić information content (AvgIpc) is 4.02. The summed E-state index contributed by atoms with van der Waals surface area (Å²) in [7, 11) is 0. The zero-order valence-corrected chi connectivity index (χ0v) is 33.2. The molecule has 0 amide bonds. The van der Waals surface area contributed by atoms with Gasteiger partial charge >= 0.3 is 0 Å². The predicted molar refractivity (Wildman–Crippen MR) is 233 cm³/mol. The van der Waals surface area contributed by atoms with E-state index in [9.17, 15) is 0 Å².